The third kappa shape index (κ3) is 6.27. The first kappa shape index (κ1) is 26.0. The Morgan fingerprint density at radius 3 is 2.29 bits per heavy atom. The number of hydrogen-bond donors (Lipinski definition) is 2. The smallest absolute Gasteiger partial charge is 0.341 e. The number of ether oxygens (including phenoxy) is 2. The molecule has 1 unspecified atom stereocenters. The summed E-state index contributed by atoms with van der Waals surface area (Å²) >= 11 is 1.33. The summed E-state index contributed by atoms with van der Waals surface area (Å²) in [5.41, 5.74) is 4.40. The minimum Gasteiger partial charge on any atom is -0.481 e. The van der Waals surface area contributed by atoms with E-state index in [-0.39, 0.29) is 18.4 Å². The maximum Gasteiger partial charge on any atom is 0.341 e. The molecule has 0 saturated carbocycles. The minimum absolute atomic E-state index is 0.253. The number of carbonyl (C=O) groups excluding carboxylic acids is 3. The maximum atomic E-state index is 12.8. The van der Waals surface area contributed by atoms with E-state index in [9.17, 15) is 14.4 Å². The first-order valence-corrected chi connectivity index (χ1v) is 12.2. The largest absolute Gasteiger partial charge is 0.481 e. The fraction of sp³-hybridized carbons (Fsp3) is 0.296. The second kappa shape index (κ2) is 11.2. The van der Waals surface area contributed by atoms with Crippen molar-refractivity contribution in [1.82, 2.24) is 0 Å². The van der Waals surface area contributed by atoms with Crippen LogP contribution in [0.15, 0.2) is 42.5 Å². The monoisotopic (exact) mass is 494 g/mol. The highest BCUT2D eigenvalue weighted by Gasteiger charge is 2.22. The standard InChI is InChI=1S/C27H30N2O5S/c1-7-33-27(32)23-17(4)19(6)35-26(23)29-25(31)20-9-11-21(12-10-20)34-18(5)24(30)28-22-13-8-15(2)14-16(22)3/h8-14,18H,7H2,1-6H3,(H,28,30)(H,29,31). The molecule has 0 saturated heterocycles. The quantitative estimate of drug-likeness (QED) is 0.385. The molecule has 0 fully saturated rings. The molecule has 184 valence electrons. The Morgan fingerprint density at radius 2 is 1.66 bits per heavy atom. The highest BCUT2D eigenvalue weighted by Crippen LogP contribution is 2.33. The number of aryl methyl sites for hydroxylation is 3. The molecule has 2 aromatic carbocycles. The van der Waals surface area contributed by atoms with Gasteiger partial charge in [-0.2, -0.15) is 0 Å². The number of carbonyl (C=O) groups is 3. The van der Waals surface area contributed by atoms with Gasteiger partial charge in [0.15, 0.2) is 6.10 Å². The molecule has 0 aliphatic heterocycles. The van der Waals surface area contributed by atoms with Gasteiger partial charge in [-0.05, 0) is 83.0 Å². The lowest BCUT2D eigenvalue weighted by molar-refractivity contribution is -0.122. The van der Waals surface area contributed by atoms with Crippen LogP contribution in [0, 0.1) is 27.7 Å². The average molecular weight is 495 g/mol. The van der Waals surface area contributed by atoms with E-state index >= 15 is 0 Å². The number of anilines is 2. The first-order valence-electron chi connectivity index (χ1n) is 11.3. The first-order chi connectivity index (χ1) is 16.6. The van der Waals surface area contributed by atoms with Crippen molar-refractivity contribution in [2.75, 3.05) is 17.2 Å². The van der Waals surface area contributed by atoms with Crippen LogP contribution < -0.4 is 15.4 Å². The van der Waals surface area contributed by atoms with Crippen LogP contribution in [0.4, 0.5) is 10.7 Å². The van der Waals surface area contributed by atoms with E-state index in [4.69, 9.17) is 9.47 Å². The van der Waals surface area contributed by atoms with Crippen molar-refractivity contribution in [3.05, 3.63) is 75.2 Å². The molecular formula is C27H30N2O5S. The van der Waals surface area contributed by atoms with Gasteiger partial charge in [0.2, 0.25) is 0 Å². The Morgan fingerprint density at radius 1 is 0.971 bits per heavy atom. The number of benzene rings is 2. The summed E-state index contributed by atoms with van der Waals surface area (Å²) < 4.78 is 10.9. The average Bonchev–Trinajstić information content (AvgIpc) is 3.09. The highest BCUT2D eigenvalue weighted by molar-refractivity contribution is 7.16. The van der Waals surface area contributed by atoms with Crippen LogP contribution >= 0.6 is 11.3 Å². The van der Waals surface area contributed by atoms with Gasteiger partial charge in [-0.3, -0.25) is 9.59 Å². The molecule has 7 nitrogen and oxygen atoms in total. The third-order valence-electron chi connectivity index (χ3n) is 5.53. The molecule has 35 heavy (non-hydrogen) atoms. The van der Waals surface area contributed by atoms with Gasteiger partial charge in [-0.15, -0.1) is 11.3 Å². The van der Waals surface area contributed by atoms with Crippen LogP contribution in [0.5, 0.6) is 5.75 Å². The summed E-state index contributed by atoms with van der Waals surface area (Å²) in [5.74, 6) is -0.626. The predicted octanol–water partition coefficient (Wildman–Crippen LogP) is 5.82. The summed E-state index contributed by atoms with van der Waals surface area (Å²) in [6, 6.07) is 12.3. The summed E-state index contributed by atoms with van der Waals surface area (Å²) in [4.78, 5) is 38.6. The van der Waals surface area contributed by atoms with Gasteiger partial charge in [-0.25, -0.2) is 4.79 Å². The van der Waals surface area contributed by atoms with Crippen molar-refractivity contribution in [2.45, 2.75) is 47.6 Å². The van der Waals surface area contributed by atoms with Gasteiger partial charge in [0.25, 0.3) is 11.8 Å². The summed E-state index contributed by atoms with van der Waals surface area (Å²) in [6.45, 7) is 11.3. The zero-order valence-corrected chi connectivity index (χ0v) is 21.6. The third-order valence-corrected chi connectivity index (χ3v) is 6.65. The minimum atomic E-state index is -0.736. The molecule has 0 aliphatic carbocycles. The molecule has 3 rings (SSSR count). The summed E-state index contributed by atoms with van der Waals surface area (Å²) in [7, 11) is 0. The predicted molar refractivity (Wildman–Crippen MR) is 139 cm³/mol. The van der Waals surface area contributed by atoms with Crippen LogP contribution in [0.1, 0.15) is 56.1 Å². The molecule has 1 aromatic heterocycles. The van der Waals surface area contributed by atoms with Crippen molar-refractivity contribution in [3.63, 3.8) is 0 Å². The van der Waals surface area contributed by atoms with E-state index in [2.05, 4.69) is 10.6 Å². The molecule has 1 atom stereocenters. The number of thiophene rings is 1. The molecule has 0 radical (unpaired) electrons. The van der Waals surface area contributed by atoms with Crippen LogP contribution in [0.3, 0.4) is 0 Å². The zero-order valence-electron chi connectivity index (χ0n) is 20.8. The summed E-state index contributed by atoms with van der Waals surface area (Å²) in [5, 5.41) is 6.15. The molecule has 2 amide bonds. The van der Waals surface area contributed by atoms with Crippen molar-refractivity contribution >= 4 is 39.8 Å². The molecule has 8 heteroatoms. The zero-order chi connectivity index (χ0) is 25.7. The maximum absolute atomic E-state index is 12.8. The van der Waals surface area contributed by atoms with Gasteiger partial charge in [-0.1, -0.05) is 17.7 Å². The Balaban J connectivity index is 1.65. The number of amides is 2. The topological polar surface area (TPSA) is 93.7 Å². The van der Waals surface area contributed by atoms with Gasteiger partial charge < -0.3 is 20.1 Å². The number of rotatable bonds is 8. The molecule has 0 bridgehead atoms. The Bertz CT molecular complexity index is 1250. The van der Waals surface area contributed by atoms with Crippen molar-refractivity contribution in [2.24, 2.45) is 0 Å². The lowest BCUT2D eigenvalue weighted by Crippen LogP contribution is -2.30. The van der Waals surface area contributed by atoms with E-state index in [0.29, 0.717) is 21.9 Å². The molecule has 3 aromatic rings. The van der Waals surface area contributed by atoms with Crippen molar-refractivity contribution < 1.29 is 23.9 Å². The molecule has 0 spiro atoms. The summed E-state index contributed by atoms with van der Waals surface area (Å²) in [6.07, 6.45) is -0.736. The number of nitrogens with one attached hydrogen (secondary N) is 2. The SMILES string of the molecule is CCOC(=O)c1c(NC(=O)c2ccc(OC(C)C(=O)Nc3ccc(C)cc3C)cc2)sc(C)c1C. The molecule has 0 aliphatic rings. The Kier molecular flexibility index (Phi) is 8.30. The van der Waals surface area contributed by atoms with Crippen LogP contribution in [0.25, 0.3) is 0 Å². The fourth-order valence-electron chi connectivity index (χ4n) is 3.47. The van der Waals surface area contributed by atoms with Crippen LogP contribution in [-0.2, 0) is 9.53 Å². The fourth-order valence-corrected chi connectivity index (χ4v) is 4.51. The van der Waals surface area contributed by atoms with E-state index in [0.717, 1.165) is 27.3 Å². The van der Waals surface area contributed by atoms with Gasteiger partial charge in [0, 0.05) is 16.1 Å². The number of esters is 1. The number of hydrogen-bond acceptors (Lipinski definition) is 6. The van der Waals surface area contributed by atoms with Gasteiger partial charge in [0.1, 0.15) is 10.8 Å². The molecule has 2 N–H and O–H groups in total. The molecular weight excluding hydrogens is 464 g/mol. The lowest BCUT2D eigenvalue weighted by Gasteiger charge is -2.16. The normalized spacial score (nSPS) is 11.5. The highest BCUT2D eigenvalue weighted by atomic mass is 32.1. The van der Waals surface area contributed by atoms with E-state index in [1.807, 2.05) is 45.9 Å². The lowest BCUT2D eigenvalue weighted by atomic mass is 10.1. The van der Waals surface area contributed by atoms with Gasteiger partial charge in [0.05, 0.1) is 12.2 Å². The molecule has 1 heterocycles. The van der Waals surface area contributed by atoms with E-state index in [1.54, 1.807) is 38.1 Å². The van der Waals surface area contributed by atoms with Crippen molar-refractivity contribution in [3.8, 4) is 5.75 Å². The van der Waals surface area contributed by atoms with Crippen LogP contribution in [0.2, 0.25) is 0 Å². The van der Waals surface area contributed by atoms with Crippen LogP contribution in [-0.4, -0.2) is 30.5 Å². The van der Waals surface area contributed by atoms with Crippen molar-refractivity contribution in [1.29, 1.82) is 0 Å². The van der Waals surface area contributed by atoms with E-state index < -0.39 is 12.1 Å². The second-order valence-corrected chi connectivity index (χ2v) is 9.48. The Labute approximate surface area is 209 Å². The Hall–Kier alpha value is -3.65. The second-order valence-electron chi connectivity index (χ2n) is 8.25. The van der Waals surface area contributed by atoms with Gasteiger partial charge >= 0.3 is 5.97 Å². The van der Waals surface area contributed by atoms with E-state index in [1.165, 1.54) is 11.3 Å².